The van der Waals surface area contributed by atoms with Crippen LogP contribution in [0.3, 0.4) is 0 Å². The number of hydrogen-bond acceptors (Lipinski definition) is 5. The maximum atomic E-state index is 12.4. The van der Waals surface area contributed by atoms with Crippen LogP contribution in [0.15, 0.2) is 18.2 Å². The van der Waals surface area contributed by atoms with Crippen LogP contribution in [0.2, 0.25) is 0 Å². The van der Waals surface area contributed by atoms with Gasteiger partial charge in [0.1, 0.15) is 0 Å². The van der Waals surface area contributed by atoms with Crippen molar-refractivity contribution in [2.45, 2.75) is 25.9 Å². The molecule has 1 atom stereocenters. The zero-order valence-electron chi connectivity index (χ0n) is 12.7. The molecular formula is C15H23N3O3. The fourth-order valence-corrected chi connectivity index (χ4v) is 2.31. The van der Waals surface area contributed by atoms with E-state index in [4.69, 9.17) is 9.47 Å². The van der Waals surface area contributed by atoms with Gasteiger partial charge < -0.3 is 19.7 Å². The summed E-state index contributed by atoms with van der Waals surface area (Å²) in [6.07, 6.45) is 0.750. The van der Waals surface area contributed by atoms with E-state index in [1.54, 1.807) is 13.2 Å². The van der Waals surface area contributed by atoms with Crippen LogP contribution in [0.1, 0.15) is 19.0 Å². The molecule has 0 radical (unpaired) electrons. The average molecular weight is 293 g/mol. The molecule has 0 spiro atoms. The molecule has 6 nitrogen and oxygen atoms in total. The van der Waals surface area contributed by atoms with Crippen molar-refractivity contribution in [3.63, 3.8) is 0 Å². The van der Waals surface area contributed by atoms with Crippen molar-refractivity contribution < 1.29 is 14.3 Å². The van der Waals surface area contributed by atoms with Crippen LogP contribution in [0, 0.1) is 0 Å². The molecule has 2 heterocycles. The van der Waals surface area contributed by atoms with Gasteiger partial charge in [-0.05, 0) is 12.5 Å². The van der Waals surface area contributed by atoms with Crippen LogP contribution in [0.4, 0.5) is 0 Å². The van der Waals surface area contributed by atoms with Crippen molar-refractivity contribution in [1.82, 2.24) is 15.2 Å². The summed E-state index contributed by atoms with van der Waals surface area (Å²) >= 11 is 0. The number of methoxy groups -OCH3 is 1. The van der Waals surface area contributed by atoms with Gasteiger partial charge in [-0.3, -0.25) is 4.79 Å². The Kier molecular flexibility index (Phi) is 5.95. The number of carbonyl (C=O) groups excluding carboxylic acids is 1. The SMILES string of the molecule is CC[C@@H](NCc1cccc(OC)n1)C(=O)N1CCOCC1. The third-order valence-corrected chi connectivity index (χ3v) is 3.55. The van der Waals surface area contributed by atoms with Gasteiger partial charge in [-0.15, -0.1) is 0 Å². The summed E-state index contributed by atoms with van der Waals surface area (Å²) in [4.78, 5) is 18.6. The quantitative estimate of drug-likeness (QED) is 0.841. The van der Waals surface area contributed by atoms with Gasteiger partial charge in [0.05, 0.1) is 32.1 Å². The zero-order valence-corrected chi connectivity index (χ0v) is 12.7. The maximum Gasteiger partial charge on any atom is 0.239 e. The Bertz CT molecular complexity index is 461. The van der Waals surface area contributed by atoms with Crippen LogP contribution >= 0.6 is 0 Å². The molecule has 0 aromatic carbocycles. The molecule has 116 valence electrons. The number of morpholine rings is 1. The predicted octanol–water partition coefficient (Wildman–Crippen LogP) is 0.817. The van der Waals surface area contributed by atoms with E-state index in [2.05, 4.69) is 10.3 Å². The summed E-state index contributed by atoms with van der Waals surface area (Å²) in [6.45, 7) is 5.16. The molecule has 1 saturated heterocycles. The topological polar surface area (TPSA) is 63.7 Å². The van der Waals surface area contributed by atoms with Gasteiger partial charge >= 0.3 is 0 Å². The first-order chi connectivity index (χ1) is 10.2. The van der Waals surface area contributed by atoms with E-state index in [0.29, 0.717) is 38.7 Å². The minimum atomic E-state index is -0.184. The van der Waals surface area contributed by atoms with Gasteiger partial charge in [0.25, 0.3) is 0 Å². The summed E-state index contributed by atoms with van der Waals surface area (Å²) in [5.74, 6) is 0.727. The lowest BCUT2D eigenvalue weighted by Crippen LogP contribution is -2.50. The first-order valence-electron chi connectivity index (χ1n) is 7.34. The van der Waals surface area contributed by atoms with Gasteiger partial charge in [-0.2, -0.15) is 0 Å². The molecule has 1 aromatic heterocycles. The molecule has 0 aliphatic carbocycles. The van der Waals surface area contributed by atoms with Crippen LogP contribution in [0.25, 0.3) is 0 Å². The number of amides is 1. The molecule has 1 aromatic rings. The Morgan fingerprint density at radius 3 is 2.90 bits per heavy atom. The van der Waals surface area contributed by atoms with Crippen molar-refractivity contribution in [3.8, 4) is 5.88 Å². The van der Waals surface area contributed by atoms with Crippen molar-refractivity contribution >= 4 is 5.91 Å². The number of rotatable bonds is 6. The lowest BCUT2D eigenvalue weighted by atomic mass is 10.1. The Labute approximate surface area is 125 Å². The predicted molar refractivity (Wildman–Crippen MR) is 79.1 cm³/mol. The van der Waals surface area contributed by atoms with E-state index in [1.165, 1.54) is 0 Å². The number of nitrogens with one attached hydrogen (secondary N) is 1. The first-order valence-corrected chi connectivity index (χ1v) is 7.34. The number of aromatic nitrogens is 1. The molecule has 0 bridgehead atoms. The summed E-state index contributed by atoms with van der Waals surface area (Å²) in [6, 6.07) is 5.44. The van der Waals surface area contributed by atoms with E-state index in [0.717, 1.165) is 12.1 Å². The maximum absolute atomic E-state index is 12.4. The molecule has 1 N–H and O–H groups in total. The van der Waals surface area contributed by atoms with Gasteiger partial charge in [-0.1, -0.05) is 13.0 Å². The van der Waals surface area contributed by atoms with Gasteiger partial charge in [0.15, 0.2) is 0 Å². The van der Waals surface area contributed by atoms with Gasteiger partial charge in [0.2, 0.25) is 11.8 Å². The van der Waals surface area contributed by atoms with E-state index in [-0.39, 0.29) is 11.9 Å². The molecular weight excluding hydrogens is 270 g/mol. The highest BCUT2D eigenvalue weighted by Crippen LogP contribution is 2.08. The zero-order chi connectivity index (χ0) is 15.1. The lowest BCUT2D eigenvalue weighted by Gasteiger charge is -2.30. The molecule has 1 aliphatic rings. The number of hydrogen-bond donors (Lipinski definition) is 1. The Hall–Kier alpha value is -1.66. The fourth-order valence-electron chi connectivity index (χ4n) is 2.31. The molecule has 6 heteroatoms. The molecule has 0 saturated carbocycles. The first kappa shape index (κ1) is 15.7. The highest BCUT2D eigenvalue weighted by Gasteiger charge is 2.24. The highest BCUT2D eigenvalue weighted by atomic mass is 16.5. The van der Waals surface area contributed by atoms with E-state index in [9.17, 15) is 4.79 Å². The minimum absolute atomic E-state index is 0.142. The smallest absolute Gasteiger partial charge is 0.239 e. The third kappa shape index (κ3) is 4.41. The third-order valence-electron chi connectivity index (χ3n) is 3.55. The van der Waals surface area contributed by atoms with E-state index in [1.807, 2.05) is 24.0 Å². The molecule has 21 heavy (non-hydrogen) atoms. The van der Waals surface area contributed by atoms with Crippen LogP contribution in [0.5, 0.6) is 5.88 Å². The van der Waals surface area contributed by atoms with Gasteiger partial charge in [0, 0.05) is 25.7 Å². The molecule has 0 unspecified atom stereocenters. The van der Waals surface area contributed by atoms with Crippen molar-refractivity contribution in [2.24, 2.45) is 0 Å². The Morgan fingerprint density at radius 1 is 1.48 bits per heavy atom. The number of carbonyl (C=O) groups is 1. The Morgan fingerprint density at radius 2 is 2.24 bits per heavy atom. The average Bonchev–Trinajstić information content (AvgIpc) is 2.56. The fraction of sp³-hybridized carbons (Fsp3) is 0.600. The summed E-state index contributed by atoms with van der Waals surface area (Å²) in [7, 11) is 1.59. The number of ether oxygens (including phenoxy) is 2. The van der Waals surface area contributed by atoms with Crippen molar-refractivity contribution in [3.05, 3.63) is 23.9 Å². The molecule has 2 rings (SSSR count). The van der Waals surface area contributed by atoms with E-state index >= 15 is 0 Å². The van der Waals surface area contributed by atoms with Crippen LogP contribution in [-0.4, -0.2) is 55.2 Å². The second-order valence-electron chi connectivity index (χ2n) is 4.95. The summed E-state index contributed by atoms with van der Waals surface area (Å²) in [5.41, 5.74) is 0.863. The molecule has 1 fully saturated rings. The van der Waals surface area contributed by atoms with Crippen LogP contribution < -0.4 is 10.1 Å². The van der Waals surface area contributed by atoms with Crippen LogP contribution in [-0.2, 0) is 16.1 Å². The monoisotopic (exact) mass is 293 g/mol. The normalized spacial score (nSPS) is 16.6. The lowest BCUT2D eigenvalue weighted by molar-refractivity contribution is -0.137. The largest absolute Gasteiger partial charge is 0.481 e. The number of nitrogens with zero attached hydrogens (tertiary/aromatic N) is 2. The highest BCUT2D eigenvalue weighted by molar-refractivity contribution is 5.81. The van der Waals surface area contributed by atoms with Crippen molar-refractivity contribution in [2.75, 3.05) is 33.4 Å². The second kappa shape index (κ2) is 7.95. The minimum Gasteiger partial charge on any atom is -0.481 e. The molecule has 1 amide bonds. The summed E-state index contributed by atoms with van der Waals surface area (Å²) in [5, 5.41) is 3.28. The molecule has 1 aliphatic heterocycles. The van der Waals surface area contributed by atoms with E-state index < -0.39 is 0 Å². The standard InChI is InChI=1S/C15H23N3O3/c1-3-13(15(19)18-7-9-21-10-8-18)16-11-12-5-4-6-14(17-12)20-2/h4-6,13,16H,3,7-11H2,1-2H3/t13-/m1/s1. The second-order valence-corrected chi connectivity index (χ2v) is 4.95. The number of pyridine rings is 1. The summed E-state index contributed by atoms with van der Waals surface area (Å²) < 4.78 is 10.4. The van der Waals surface area contributed by atoms with Crippen molar-refractivity contribution in [1.29, 1.82) is 0 Å². The van der Waals surface area contributed by atoms with Gasteiger partial charge in [-0.25, -0.2) is 4.98 Å². The Balaban J connectivity index is 1.90.